The summed E-state index contributed by atoms with van der Waals surface area (Å²) in [5, 5.41) is 0. The van der Waals surface area contributed by atoms with Crippen molar-refractivity contribution in [1.82, 2.24) is 24.8 Å². The van der Waals surface area contributed by atoms with E-state index in [0.717, 1.165) is 6.42 Å². The molecule has 1 atom stereocenters. The van der Waals surface area contributed by atoms with E-state index in [0.29, 0.717) is 48.6 Å². The zero-order valence-corrected chi connectivity index (χ0v) is 17.8. The molecule has 1 fully saturated rings. The van der Waals surface area contributed by atoms with Crippen LogP contribution in [-0.2, 0) is 13.0 Å². The molecule has 1 aromatic carbocycles. The van der Waals surface area contributed by atoms with Crippen molar-refractivity contribution >= 4 is 11.8 Å². The Morgan fingerprint density at radius 2 is 1.85 bits per heavy atom. The lowest BCUT2D eigenvalue weighted by atomic mass is 10.0. The van der Waals surface area contributed by atoms with Crippen LogP contribution in [-0.4, -0.2) is 49.7 Å². The molecule has 4 heterocycles. The minimum atomic E-state index is -0.578. The highest BCUT2D eigenvalue weighted by Gasteiger charge is 2.34. The smallest absolute Gasteiger partial charge is 0.257 e. The molecule has 2 aromatic heterocycles. The van der Waals surface area contributed by atoms with E-state index in [1.54, 1.807) is 40.4 Å². The number of hydrogen-bond acceptors (Lipinski definition) is 5. The Hall–Kier alpha value is -3.88. The molecule has 5 rings (SSSR count). The molecule has 0 radical (unpaired) electrons. The first-order valence-electron chi connectivity index (χ1n) is 10.9. The second-order valence-corrected chi connectivity index (χ2v) is 8.23. The van der Waals surface area contributed by atoms with Crippen molar-refractivity contribution < 1.29 is 14.0 Å². The van der Waals surface area contributed by atoms with E-state index in [9.17, 15) is 18.8 Å². The van der Waals surface area contributed by atoms with E-state index in [2.05, 4.69) is 15.0 Å². The van der Waals surface area contributed by atoms with Crippen molar-refractivity contribution in [1.29, 1.82) is 0 Å². The van der Waals surface area contributed by atoms with Gasteiger partial charge in [-0.25, -0.2) is 9.37 Å². The summed E-state index contributed by atoms with van der Waals surface area (Å²) < 4.78 is 14.2. The zero-order valence-electron chi connectivity index (χ0n) is 17.8. The molecule has 33 heavy (non-hydrogen) atoms. The Labute approximate surface area is 189 Å². The third kappa shape index (κ3) is 3.90. The molecule has 2 aliphatic heterocycles. The molecule has 0 saturated carbocycles. The SMILES string of the molecule is O=C(c1ccncc1)N1CCc2c(nc(C3CCCN3C(=O)c3ccccc3F)[nH]c2=O)C1. The molecule has 168 valence electrons. The number of H-pyrrole nitrogens is 1. The second kappa shape index (κ2) is 8.57. The first-order chi connectivity index (χ1) is 16.0. The van der Waals surface area contributed by atoms with Crippen LogP contribution >= 0.6 is 0 Å². The number of pyridine rings is 1. The van der Waals surface area contributed by atoms with Gasteiger partial charge in [0.25, 0.3) is 17.4 Å². The summed E-state index contributed by atoms with van der Waals surface area (Å²) in [5.41, 5.74) is 1.36. The maximum atomic E-state index is 14.2. The number of halogens is 1. The van der Waals surface area contributed by atoms with E-state index < -0.39 is 17.8 Å². The van der Waals surface area contributed by atoms with Crippen LogP contribution in [0.1, 0.15) is 56.7 Å². The standard InChI is InChI=1S/C24H22FN5O3/c25-18-5-2-1-4-16(18)24(33)30-12-3-6-20(30)21-27-19-14-29(13-9-17(19)22(31)28-21)23(32)15-7-10-26-11-8-15/h1-2,4-5,7-8,10-11,20H,3,6,9,12-14H2,(H,27,28,31). The molecule has 1 saturated heterocycles. The average Bonchev–Trinajstić information content (AvgIpc) is 3.34. The number of nitrogens with one attached hydrogen (secondary N) is 1. The molecule has 8 nitrogen and oxygen atoms in total. The highest BCUT2D eigenvalue weighted by atomic mass is 19.1. The van der Waals surface area contributed by atoms with Crippen LogP contribution in [0.4, 0.5) is 4.39 Å². The molecule has 0 spiro atoms. The average molecular weight is 447 g/mol. The molecular formula is C24H22FN5O3. The minimum Gasteiger partial charge on any atom is -0.332 e. The van der Waals surface area contributed by atoms with Gasteiger partial charge in [0.1, 0.15) is 11.6 Å². The molecule has 2 amide bonds. The number of carbonyl (C=O) groups excluding carboxylic acids is 2. The van der Waals surface area contributed by atoms with Crippen LogP contribution < -0.4 is 5.56 Å². The van der Waals surface area contributed by atoms with E-state index in [1.165, 1.54) is 18.2 Å². The summed E-state index contributed by atoms with van der Waals surface area (Å²) in [6.07, 6.45) is 4.86. The van der Waals surface area contributed by atoms with Gasteiger partial charge in [0, 0.05) is 36.6 Å². The summed E-state index contributed by atoms with van der Waals surface area (Å²) in [5.74, 6) is -0.779. The minimum absolute atomic E-state index is 0.00108. The van der Waals surface area contributed by atoms with Crippen molar-refractivity contribution in [3.8, 4) is 0 Å². The fourth-order valence-corrected chi connectivity index (χ4v) is 4.55. The third-order valence-corrected chi connectivity index (χ3v) is 6.24. The van der Waals surface area contributed by atoms with E-state index in [-0.39, 0.29) is 23.6 Å². The predicted octanol–water partition coefficient (Wildman–Crippen LogP) is 2.48. The highest BCUT2D eigenvalue weighted by Crippen LogP contribution is 2.32. The van der Waals surface area contributed by atoms with Crippen molar-refractivity contribution in [2.24, 2.45) is 0 Å². The summed E-state index contributed by atoms with van der Waals surface area (Å²) >= 11 is 0. The second-order valence-electron chi connectivity index (χ2n) is 8.23. The maximum Gasteiger partial charge on any atom is 0.257 e. The van der Waals surface area contributed by atoms with Crippen molar-refractivity contribution in [3.05, 3.63) is 93.2 Å². The van der Waals surface area contributed by atoms with Gasteiger partial charge in [-0.3, -0.25) is 19.4 Å². The number of aromatic nitrogens is 3. The molecule has 1 unspecified atom stereocenters. The monoisotopic (exact) mass is 447 g/mol. The largest absolute Gasteiger partial charge is 0.332 e. The van der Waals surface area contributed by atoms with Crippen LogP contribution in [0.3, 0.4) is 0 Å². The highest BCUT2D eigenvalue weighted by molar-refractivity contribution is 5.95. The molecule has 0 bridgehead atoms. The Balaban J connectivity index is 1.43. The lowest BCUT2D eigenvalue weighted by Crippen LogP contribution is -2.40. The molecule has 9 heteroatoms. The van der Waals surface area contributed by atoms with Crippen molar-refractivity contribution in [2.75, 3.05) is 13.1 Å². The third-order valence-electron chi connectivity index (χ3n) is 6.24. The normalized spacial score (nSPS) is 17.7. The Kier molecular flexibility index (Phi) is 5.45. The Bertz CT molecular complexity index is 1280. The molecular weight excluding hydrogens is 425 g/mol. The fourth-order valence-electron chi connectivity index (χ4n) is 4.55. The van der Waals surface area contributed by atoms with Crippen LogP contribution in [0.2, 0.25) is 0 Å². The lowest BCUT2D eigenvalue weighted by Gasteiger charge is -2.29. The number of amides is 2. The molecule has 3 aromatic rings. The van der Waals surface area contributed by atoms with Gasteiger partial charge in [-0.15, -0.1) is 0 Å². The van der Waals surface area contributed by atoms with Gasteiger partial charge in [0.2, 0.25) is 0 Å². The summed E-state index contributed by atoms with van der Waals surface area (Å²) in [7, 11) is 0. The van der Waals surface area contributed by atoms with Crippen LogP contribution in [0.5, 0.6) is 0 Å². The Morgan fingerprint density at radius 3 is 2.64 bits per heavy atom. The predicted molar refractivity (Wildman–Crippen MR) is 117 cm³/mol. The first-order valence-corrected chi connectivity index (χ1v) is 10.9. The summed E-state index contributed by atoms with van der Waals surface area (Å²) in [6, 6.07) is 8.72. The lowest BCUT2D eigenvalue weighted by molar-refractivity contribution is 0.0724. The first kappa shape index (κ1) is 21.0. The zero-order chi connectivity index (χ0) is 22.9. The number of aromatic amines is 1. The fraction of sp³-hybridized carbons (Fsp3) is 0.292. The number of benzene rings is 1. The van der Waals surface area contributed by atoms with Crippen LogP contribution in [0.25, 0.3) is 0 Å². The van der Waals surface area contributed by atoms with E-state index >= 15 is 0 Å². The van der Waals surface area contributed by atoms with Gasteiger partial charge in [-0.1, -0.05) is 12.1 Å². The van der Waals surface area contributed by atoms with Gasteiger partial charge in [0.05, 0.1) is 23.8 Å². The molecule has 1 N–H and O–H groups in total. The van der Waals surface area contributed by atoms with Gasteiger partial charge in [-0.05, 0) is 43.5 Å². The number of rotatable bonds is 3. The van der Waals surface area contributed by atoms with Gasteiger partial charge in [-0.2, -0.15) is 0 Å². The van der Waals surface area contributed by atoms with Gasteiger partial charge in [0.15, 0.2) is 0 Å². The van der Waals surface area contributed by atoms with Crippen molar-refractivity contribution in [2.45, 2.75) is 31.8 Å². The van der Waals surface area contributed by atoms with Crippen LogP contribution in [0.15, 0.2) is 53.6 Å². The quantitative estimate of drug-likeness (QED) is 0.665. The van der Waals surface area contributed by atoms with Gasteiger partial charge < -0.3 is 14.8 Å². The van der Waals surface area contributed by atoms with Crippen LogP contribution in [0, 0.1) is 5.82 Å². The molecule has 2 aliphatic rings. The topological polar surface area (TPSA) is 99.3 Å². The number of nitrogens with zero attached hydrogens (tertiary/aromatic N) is 4. The maximum absolute atomic E-state index is 14.2. The Morgan fingerprint density at radius 1 is 1.06 bits per heavy atom. The summed E-state index contributed by atoms with van der Waals surface area (Å²) in [6.45, 7) is 1.08. The van der Waals surface area contributed by atoms with Gasteiger partial charge >= 0.3 is 0 Å². The molecule has 0 aliphatic carbocycles. The number of fused-ring (bicyclic) bond motifs is 1. The number of carbonyl (C=O) groups is 2. The number of likely N-dealkylation sites (tertiary alicyclic amines) is 1. The van der Waals surface area contributed by atoms with E-state index in [4.69, 9.17) is 0 Å². The summed E-state index contributed by atoms with van der Waals surface area (Å²) in [4.78, 5) is 53.4. The number of hydrogen-bond donors (Lipinski definition) is 1. The van der Waals surface area contributed by atoms with Crippen molar-refractivity contribution in [3.63, 3.8) is 0 Å². The van der Waals surface area contributed by atoms with E-state index in [1.807, 2.05) is 0 Å².